The number of nitrogens with one attached hydrogen (secondary N) is 2. The van der Waals surface area contributed by atoms with E-state index in [4.69, 9.17) is 0 Å². The second kappa shape index (κ2) is 6.92. The molecule has 1 aliphatic rings. The normalized spacial score (nSPS) is 25.5. The molecule has 0 spiro atoms. The van der Waals surface area contributed by atoms with Gasteiger partial charge in [0.1, 0.15) is 0 Å². The first-order valence-electron chi connectivity index (χ1n) is 9.25. The molecule has 1 aliphatic carbocycles. The Bertz CT molecular complexity index is 821. The van der Waals surface area contributed by atoms with Gasteiger partial charge in [0.25, 0.3) is 11.1 Å². The van der Waals surface area contributed by atoms with Crippen LogP contribution in [0.1, 0.15) is 61.0 Å². The molecule has 0 amide bonds. The molecule has 3 rings (SSSR count). The van der Waals surface area contributed by atoms with E-state index in [1.807, 2.05) is 13.8 Å². The van der Waals surface area contributed by atoms with Gasteiger partial charge in [0.05, 0.1) is 12.2 Å². The minimum atomic E-state index is -0.969. The highest BCUT2D eigenvalue weighted by molar-refractivity contribution is 5.38. The Kier molecular flexibility index (Phi) is 4.98. The third-order valence-corrected chi connectivity index (χ3v) is 5.46. The van der Waals surface area contributed by atoms with Crippen molar-refractivity contribution in [3.05, 3.63) is 43.2 Å². The van der Waals surface area contributed by atoms with E-state index < -0.39 is 24.0 Å². The van der Waals surface area contributed by atoms with Crippen molar-refractivity contribution in [2.75, 3.05) is 0 Å². The second-order valence-electron chi connectivity index (χ2n) is 7.27. The van der Waals surface area contributed by atoms with Gasteiger partial charge in [-0.1, -0.05) is 26.7 Å². The van der Waals surface area contributed by atoms with Crippen molar-refractivity contribution in [3.8, 4) is 0 Å². The van der Waals surface area contributed by atoms with E-state index in [1.165, 1.54) is 9.36 Å². The van der Waals surface area contributed by atoms with E-state index in [9.17, 15) is 19.8 Å². The molecule has 0 aliphatic heterocycles. The van der Waals surface area contributed by atoms with Gasteiger partial charge in [-0.2, -0.15) is 0 Å². The van der Waals surface area contributed by atoms with Crippen LogP contribution in [-0.4, -0.2) is 42.0 Å². The lowest BCUT2D eigenvalue weighted by Gasteiger charge is -2.46. The first-order chi connectivity index (χ1) is 12.3. The zero-order valence-electron chi connectivity index (χ0n) is 15.7. The zero-order valence-corrected chi connectivity index (χ0v) is 15.7. The molecule has 26 heavy (non-hydrogen) atoms. The minimum Gasteiger partial charge on any atom is -0.392 e. The van der Waals surface area contributed by atoms with Crippen LogP contribution in [0.15, 0.2) is 9.59 Å². The van der Waals surface area contributed by atoms with E-state index in [0.29, 0.717) is 24.0 Å². The minimum absolute atomic E-state index is 0.231. The van der Waals surface area contributed by atoms with E-state index in [2.05, 4.69) is 10.2 Å². The number of aromatic amines is 2. The first-order valence-corrected chi connectivity index (χ1v) is 9.25. The molecular formula is C18H28N4O4. The van der Waals surface area contributed by atoms with Crippen LogP contribution < -0.4 is 11.1 Å². The molecule has 2 heterocycles. The molecule has 8 nitrogen and oxygen atoms in total. The fourth-order valence-electron chi connectivity index (χ4n) is 4.20. The lowest BCUT2D eigenvalue weighted by molar-refractivity contribution is -0.0798. The predicted octanol–water partition coefficient (Wildman–Crippen LogP) is 0.248. The summed E-state index contributed by atoms with van der Waals surface area (Å²) in [7, 11) is 3.25. The van der Waals surface area contributed by atoms with E-state index in [0.717, 1.165) is 24.2 Å². The van der Waals surface area contributed by atoms with Crippen LogP contribution in [0.3, 0.4) is 0 Å². The van der Waals surface area contributed by atoms with E-state index >= 15 is 0 Å². The Balaban J connectivity index is 2.00. The number of hydrogen-bond acceptors (Lipinski definition) is 4. The summed E-state index contributed by atoms with van der Waals surface area (Å²) in [5.41, 5.74) is 1.91. The Morgan fingerprint density at radius 3 is 1.46 bits per heavy atom. The van der Waals surface area contributed by atoms with Gasteiger partial charge in [0.15, 0.2) is 0 Å². The number of aryl methyl sites for hydroxylation is 4. The summed E-state index contributed by atoms with van der Waals surface area (Å²) in [5.74, 6) is -1.36. The van der Waals surface area contributed by atoms with Crippen LogP contribution in [-0.2, 0) is 26.9 Å². The van der Waals surface area contributed by atoms with Crippen LogP contribution in [0, 0.1) is 0 Å². The summed E-state index contributed by atoms with van der Waals surface area (Å²) in [6.45, 7) is 4.01. The third kappa shape index (κ3) is 2.68. The molecule has 2 aromatic rings. The van der Waals surface area contributed by atoms with Crippen molar-refractivity contribution in [1.29, 1.82) is 0 Å². The lowest BCUT2D eigenvalue weighted by Crippen LogP contribution is -2.54. The average molecular weight is 364 g/mol. The van der Waals surface area contributed by atoms with Crippen LogP contribution in [0.5, 0.6) is 0 Å². The lowest BCUT2D eigenvalue weighted by atomic mass is 9.63. The Hall–Kier alpha value is -2.06. The number of rotatable bonds is 6. The maximum atomic E-state index is 12.5. The van der Waals surface area contributed by atoms with Gasteiger partial charge < -0.3 is 10.2 Å². The summed E-state index contributed by atoms with van der Waals surface area (Å²) in [4.78, 5) is 25.0. The molecule has 2 aromatic heterocycles. The Labute approximate surface area is 151 Å². The molecule has 4 N–H and O–H groups in total. The highest BCUT2D eigenvalue weighted by Gasteiger charge is 2.54. The highest BCUT2D eigenvalue weighted by Crippen LogP contribution is 2.47. The van der Waals surface area contributed by atoms with Gasteiger partial charge in [-0.25, -0.2) is 0 Å². The summed E-state index contributed by atoms with van der Waals surface area (Å²) in [6.07, 6.45) is 1.08. The van der Waals surface area contributed by atoms with Gasteiger partial charge >= 0.3 is 0 Å². The number of H-pyrrole nitrogens is 2. The monoisotopic (exact) mass is 364 g/mol. The molecule has 0 radical (unpaired) electrons. The highest BCUT2D eigenvalue weighted by atomic mass is 16.3. The summed E-state index contributed by atoms with van der Waals surface area (Å²) in [6, 6.07) is 0. The van der Waals surface area contributed by atoms with Crippen LogP contribution in [0.4, 0.5) is 0 Å². The maximum Gasteiger partial charge on any atom is 0.270 e. The number of hydrogen-bond donors (Lipinski definition) is 4. The van der Waals surface area contributed by atoms with Crippen LogP contribution in [0.2, 0.25) is 0 Å². The first kappa shape index (κ1) is 18.7. The van der Waals surface area contributed by atoms with Gasteiger partial charge in [-0.3, -0.25) is 29.2 Å². The number of nitrogens with zero attached hydrogens (tertiary/aromatic N) is 2. The molecule has 144 valence electrons. The molecule has 0 atom stereocenters. The van der Waals surface area contributed by atoms with Gasteiger partial charge in [-0.05, 0) is 12.8 Å². The quantitative estimate of drug-likeness (QED) is 0.588. The molecule has 1 fully saturated rings. The number of aromatic nitrogens is 4. The van der Waals surface area contributed by atoms with Gasteiger partial charge in [0, 0.05) is 48.4 Å². The van der Waals surface area contributed by atoms with Crippen molar-refractivity contribution in [1.82, 2.24) is 19.6 Å². The standard InChI is InChI=1S/C18H28N4O4/c1-5-7-9-11(17(25)21(3)19-9)13-15(23)14(16(13)24)12-10(8-6-2)20-22(4)18(12)26/h13-16,19-20,23-24H,5-8H2,1-4H3. The fraction of sp³-hybridized carbons (Fsp3) is 0.667. The third-order valence-electron chi connectivity index (χ3n) is 5.46. The SMILES string of the molecule is CCCc1[nH]n(C)c(=O)c1C1C(O)C(c2c(CCC)[nH]n(C)c2=O)C1O. The van der Waals surface area contributed by atoms with E-state index in [-0.39, 0.29) is 11.1 Å². The summed E-state index contributed by atoms with van der Waals surface area (Å²) >= 11 is 0. The second-order valence-corrected chi connectivity index (χ2v) is 7.27. The molecule has 0 unspecified atom stereocenters. The average Bonchev–Trinajstić information content (AvgIpc) is 3.01. The number of aliphatic hydroxyl groups is 2. The molecular weight excluding hydrogens is 336 g/mol. The topological polar surface area (TPSA) is 116 Å². The molecule has 0 aromatic carbocycles. The molecule has 8 heteroatoms. The molecule has 0 bridgehead atoms. The van der Waals surface area contributed by atoms with E-state index in [1.54, 1.807) is 14.1 Å². The largest absolute Gasteiger partial charge is 0.392 e. The van der Waals surface area contributed by atoms with Crippen LogP contribution in [0.25, 0.3) is 0 Å². The summed E-state index contributed by atoms with van der Waals surface area (Å²) < 4.78 is 2.76. The summed E-state index contributed by atoms with van der Waals surface area (Å²) in [5, 5.41) is 27.7. The molecule has 1 saturated carbocycles. The fourth-order valence-corrected chi connectivity index (χ4v) is 4.20. The predicted molar refractivity (Wildman–Crippen MR) is 97.6 cm³/mol. The maximum absolute atomic E-state index is 12.5. The van der Waals surface area contributed by atoms with Crippen molar-refractivity contribution in [3.63, 3.8) is 0 Å². The smallest absolute Gasteiger partial charge is 0.270 e. The Morgan fingerprint density at radius 1 is 0.808 bits per heavy atom. The molecule has 0 saturated heterocycles. The van der Waals surface area contributed by atoms with Gasteiger partial charge in [-0.15, -0.1) is 0 Å². The number of aliphatic hydroxyl groups excluding tert-OH is 2. The van der Waals surface area contributed by atoms with Crippen molar-refractivity contribution < 1.29 is 10.2 Å². The Morgan fingerprint density at radius 2 is 1.15 bits per heavy atom. The van der Waals surface area contributed by atoms with Crippen LogP contribution >= 0.6 is 0 Å². The van der Waals surface area contributed by atoms with Gasteiger partial charge in [0.2, 0.25) is 0 Å². The zero-order chi connectivity index (χ0) is 19.2. The van der Waals surface area contributed by atoms with Crippen molar-refractivity contribution in [2.45, 2.75) is 63.6 Å². The van der Waals surface area contributed by atoms with Crippen molar-refractivity contribution in [2.24, 2.45) is 14.1 Å². The van der Waals surface area contributed by atoms with Crippen molar-refractivity contribution >= 4 is 0 Å².